The monoisotopic (exact) mass is 366 g/mol. The minimum atomic E-state index is -0.760. The van der Waals surface area contributed by atoms with Crippen molar-refractivity contribution in [2.75, 3.05) is 0 Å². The van der Waals surface area contributed by atoms with E-state index in [-0.39, 0.29) is 16.9 Å². The third kappa shape index (κ3) is 2.94. The Kier molecular flexibility index (Phi) is 4.40. The van der Waals surface area contributed by atoms with Crippen LogP contribution in [0.2, 0.25) is 10.3 Å². The van der Waals surface area contributed by atoms with Crippen molar-refractivity contribution in [2.24, 2.45) is 0 Å². The van der Waals surface area contributed by atoms with Gasteiger partial charge in [0.05, 0.1) is 5.69 Å². The number of benzene rings is 1. The first kappa shape index (κ1) is 17.0. The van der Waals surface area contributed by atoms with Crippen molar-refractivity contribution in [3.8, 4) is 0 Å². The highest BCUT2D eigenvalue weighted by atomic mass is 35.5. The Hall–Kier alpha value is -1.85. The van der Waals surface area contributed by atoms with Crippen LogP contribution in [-0.2, 0) is 21.6 Å². The zero-order valence-electron chi connectivity index (χ0n) is 13.3. The minimum absolute atomic E-state index is 0.142. The summed E-state index contributed by atoms with van der Waals surface area (Å²) in [5.41, 5.74) is 0.384. The molecule has 0 N–H and O–H groups in total. The molecule has 0 bridgehead atoms. The van der Waals surface area contributed by atoms with Gasteiger partial charge in [-0.25, -0.2) is 9.78 Å². The number of rotatable bonds is 3. The quantitative estimate of drug-likeness (QED) is 0.779. The number of hydrogen-bond acceptors (Lipinski definition) is 4. The standard InChI is InChI=1S/C17H16Cl2N2O3/c1-17(2)8-11(16(23)24-9-10-6-4-3-5-7-10)21-12(17)13(18)20-14(19)15(21)22/h3-7,11H,8-9H2,1-2H3/t11-/m0/s1. The van der Waals surface area contributed by atoms with Gasteiger partial charge in [0.1, 0.15) is 12.6 Å². The third-order valence-corrected chi connectivity index (χ3v) is 4.69. The Morgan fingerprint density at radius 1 is 1.29 bits per heavy atom. The van der Waals surface area contributed by atoms with Gasteiger partial charge >= 0.3 is 5.97 Å². The molecule has 1 atom stereocenters. The second-order valence-electron chi connectivity index (χ2n) is 6.41. The lowest BCUT2D eigenvalue weighted by molar-refractivity contribution is -0.149. The number of carbonyl (C=O) groups excluding carboxylic acids is 1. The summed E-state index contributed by atoms with van der Waals surface area (Å²) in [6.07, 6.45) is 0.400. The fourth-order valence-electron chi connectivity index (χ4n) is 3.07. The molecule has 0 amide bonds. The summed E-state index contributed by atoms with van der Waals surface area (Å²) in [7, 11) is 0. The first-order chi connectivity index (χ1) is 11.3. The van der Waals surface area contributed by atoms with Gasteiger partial charge in [-0.05, 0) is 12.0 Å². The molecule has 0 fully saturated rings. The van der Waals surface area contributed by atoms with Crippen molar-refractivity contribution in [3.63, 3.8) is 0 Å². The second-order valence-corrected chi connectivity index (χ2v) is 7.13. The highest BCUT2D eigenvalue weighted by Crippen LogP contribution is 2.43. The predicted molar refractivity (Wildman–Crippen MR) is 91.4 cm³/mol. The van der Waals surface area contributed by atoms with Crippen LogP contribution in [0, 0.1) is 0 Å². The molecule has 3 rings (SSSR count). The van der Waals surface area contributed by atoms with Crippen LogP contribution in [0.25, 0.3) is 0 Å². The molecule has 0 saturated heterocycles. The van der Waals surface area contributed by atoms with Crippen LogP contribution >= 0.6 is 23.2 Å². The fourth-order valence-corrected chi connectivity index (χ4v) is 3.73. The number of ether oxygens (including phenoxy) is 1. The van der Waals surface area contributed by atoms with Crippen molar-refractivity contribution in [1.29, 1.82) is 0 Å². The molecule has 0 aliphatic carbocycles. The van der Waals surface area contributed by atoms with Crippen LogP contribution < -0.4 is 5.56 Å². The van der Waals surface area contributed by atoms with Crippen LogP contribution in [0.1, 0.15) is 37.6 Å². The first-order valence-electron chi connectivity index (χ1n) is 7.50. The fraction of sp³-hybridized carbons (Fsp3) is 0.353. The van der Waals surface area contributed by atoms with E-state index in [1.807, 2.05) is 44.2 Å². The lowest BCUT2D eigenvalue weighted by Gasteiger charge is -2.18. The summed E-state index contributed by atoms with van der Waals surface area (Å²) in [5.74, 6) is -0.480. The Bertz CT molecular complexity index is 847. The highest BCUT2D eigenvalue weighted by Gasteiger charge is 2.44. The molecular weight excluding hydrogens is 351 g/mol. The number of hydrogen-bond donors (Lipinski definition) is 0. The normalized spacial score (nSPS) is 18.2. The van der Waals surface area contributed by atoms with Crippen molar-refractivity contribution < 1.29 is 9.53 Å². The molecule has 0 saturated carbocycles. The molecule has 0 spiro atoms. The van der Waals surface area contributed by atoms with Gasteiger partial charge in [0, 0.05) is 5.41 Å². The molecule has 0 radical (unpaired) electrons. The molecule has 1 aromatic carbocycles. The SMILES string of the molecule is CC1(C)C[C@@H](C(=O)OCc2ccccc2)n2c1c(Cl)nc(Cl)c2=O. The van der Waals surface area contributed by atoms with Gasteiger partial charge in [-0.2, -0.15) is 0 Å². The molecule has 1 aliphatic heterocycles. The van der Waals surface area contributed by atoms with E-state index < -0.39 is 23.0 Å². The van der Waals surface area contributed by atoms with Crippen LogP contribution in [0.5, 0.6) is 0 Å². The summed E-state index contributed by atoms with van der Waals surface area (Å²) < 4.78 is 6.72. The average Bonchev–Trinajstić information content (AvgIpc) is 2.83. The van der Waals surface area contributed by atoms with Crippen molar-refractivity contribution in [1.82, 2.24) is 9.55 Å². The van der Waals surface area contributed by atoms with Gasteiger partial charge in [0.15, 0.2) is 10.3 Å². The van der Waals surface area contributed by atoms with Crippen LogP contribution in [0.3, 0.4) is 0 Å². The third-order valence-electron chi connectivity index (χ3n) is 4.18. The van der Waals surface area contributed by atoms with Gasteiger partial charge < -0.3 is 4.74 Å². The number of esters is 1. The molecule has 1 aromatic heterocycles. The Labute approximate surface area is 149 Å². The highest BCUT2D eigenvalue weighted by molar-refractivity contribution is 6.32. The molecule has 2 heterocycles. The lowest BCUT2D eigenvalue weighted by Crippen LogP contribution is -2.30. The molecule has 126 valence electrons. The Morgan fingerprint density at radius 3 is 2.62 bits per heavy atom. The lowest BCUT2D eigenvalue weighted by atomic mass is 9.87. The molecular formula is C17H16Cl2N2O3. The zero-order chi connectivity index (χ0) is 17.5. The van der Waals surface area contributed by atoms with Gasteiger partial charge in [-0.3, -0.25) is 9.36 Å². The van der Waals surface area contributed by atoms with E-state index in [0.29, 0.717) is 12.1 Å². The van der Waals surface area contributed by atoms with Crippen LogP contribution in [-0.4, -0.2) is 15.5 Å². The number of fused-ring (bicyclic) bond motifs is 1. The predicted octanol–water partition coefficient (Wildman–Crippen LogP) is 3.52. The molecule has 1 aliphatic rings. The number of halogens is 2. The van der Waals surface area contributed by atoms with E-state index in [1.54, 1.807) is 0 Å². The number of aromatic nitrogens is 2. The van der Waals surface area contributed by atoms with E-state index in [0.717, 1.165) is 5.56 Å². The zero-order valence-corrected chi connectivity index (χ0v) is 14.8. The molecule has 0 unspecified atom stereocenters. The molecule has 7 heteroatoms. The van der Waals surface area contributed by atoms with Crippen molar-refractivity contribution in [3.05, 3.63) is 62.2 Å². The van der Waals surface area contributed by atoms with Crippen LogP contribution in [0.15, 0.2) is 35.1 Å². The number of nitrogens with zero attached hydrogens (tertiary/aromatic N) is 2. The van der Waals surface area contributed by atoms with Gasteiger partial charge in [0.2, 0.25) is 0 Å². The largest absolute Gasteiger partial charge is 0.459 e. The number of carbonyl (C=O) groups is 1. The molecule has 2 aromatic rings. The van der Waals surface area contributed by atoms with E-state index in [1.165, 1.54) is 4.57 Å². The topological polar surface area (TPSA) is 61.2 Å². The molecule has 5 nitrogen and oxygen atoms in total. The summed E-state index contributed by atoms with van der Waals surface area (Å²) >= 11 is 12.0. The van der Waals surface area contributed by atoms with E-state index in [4.69, 9.17) is 27.9 Å². The van der Waals surface area contributed by atoms with E-state index in [9.17, 15) is 9.59 Å². The summed E-state index contributed by atoms with van der Waals surface area (Å²) in [6.45, 7) is 3.96. The summed E-state index contributed by atoms with van der Waals surface area (Å²) in [6, 6.07) is 8.59. The average molecular weight is 367 g/mol. The van der Waals surface area contributed by atoms with Crippen LogP contribution in [0.4, 0.5) is 0 Å². The smallest absolute Gasteiger partial charge is 0.329 e. The van der Waals surface area contributed by atoms with Gasteiger partial charge in [0.25, 0.3) is 5.56 Å². The summed E-state index contributed by atoms with van der Waals surface area (Å²) in [5, 5.41) is -0.106. The van der Waals surface area contributed by atoms with Crippen molar-refractivity contribution in [2.45, 2.75) is 38.3 Å². The maximum Gasteiger partial charge on any atom is 0.329 e. The van der Waals surface area contributed by atoms with Gasteiger partial charge in [-0.15, -0.1) is 0 Å². The van der Waals surface area contributed by atoms with Crippen molar-refractivity contribution >= 4 is 29.2 Å². The second kappa shape index (κ2) is 6.22. The van der Waals surface area contributed by atoms with E-state index in [2.05, 4.69) is 4.98 Å². The summed E-state index contributed by atoms with van der Waals surface area (Å²) in [4.78, 5) is 28.8. The Balaban J connectivity index is 1.92. The minimum Gasteiger partial charge on any atom is -0.459 e. The first-order valence-corrected chi connectivity index (χ1v) is 8.25. The van der Waals surface area contributed by atoms with Gasteiger partial charge in [-0.1, -0.05) is 67.4 Å². The Morgan fingerprint density at radius 2 is 1.96 bits per heavy atom. The maximum atomic E-state index is 12.6. The maximum absolute atomic E-state index is 12.6. The molecule has 24 heavy (non-hydrogen) atoms. The van der Waals surface area contributed by atoms with E-state index >= 15 is 0 Å².